The number of ether oxygens (including phenoxy) is 1. The standard InChI is InChI=1S/C10H7Cl2NO3S/c1-16-10-9(11)8-4-7(17(12,14)15)3-2-6(8)5-13-10/h2-5H,1H3. The van der Waals surface area contributed by atoms with Crippen molar-refractivity contribution in [3.05, 3.63) is 29.4 Å². The summed E-state index contributed by atoms with van der Waals surface area (Å²) >= 11 is 6.04. The summed E-state index contributed by atoms with van der Waals surface area (Å²) in [5, 5.41) is 1.49. The molecular formula is C10H7Cl2NO3S. The maximum absolute atomic E-state index is 11.2. The number of benzene rings is 1. The number of methoxy groups -OCH3 is 1. The molecule has 0 radical (unpaired) electrons. The fourth-order valence-electron chi connectivity index (χ4n) is 1.43. The van der Waals surface area contributed by atoms with E-state index >= 15 is 0 Å². The Morgan fingerprint density at radius 3 is 2.65 bits per heavy atom. The lowest BCUT2D eigenvalue weighted by Crippen LogP contribution is -1.93. The van der Waals surface area contributed by atoms with E-state index in [0.717, 1.165) is 0 Å². The number of pyridine rings is 1. The number of aromatic nitrogens is 1. The molecule has 1 heterocycles. The van der Waals surface area contributed by atoms with Crippen molar-refractivity contribution >= 4 is 42.1 Å². The van der Waals surface area contributed by atoms with Crippen molar-refractivity contribution in [2.24, 2.45) is 0 Å². The topological polar surface area (TPSA) is 56.3 Å². The number of nitrogens with zero attached hydrogens (tertiary/aromatic N) is 1. The Bertz CT molecular complexity index is 685. The Hall–Kier alpha value is -1.04. The summed E-state index contributed by atoms with van der Waals surface area (Å²) < 4.78 is 27.4. The molecule has 1 aromatic carbocycles. The van der Waals surface area contributed by atoms with Gasteiger partial charge in [-0.3, -0.25) is 0 Å². The van der Waals surface area contributed by atoms with Crippen molar-refractivity contribution in [1.82, 2.24) is 4.98 Å². The van der Waals surface area contributed by atoms with Crippen molar-refractivity contribution in [2.45, 2.75) is 4.90 Å². The smallest absolute Gasteiger partial charge is 0.261 e. The van der Waals surface area contributed by atoms with E-state index in [2.05, 4.69) is 4.98 Å². The van der Waals surface area contributed by atoms with Crippen molar-refractivity contribution in [3.8, 4) is 5.88 Å². The van der Waals surface area contributed by atoms with Gasteiger partial charge in [-0.25, -0.2) is 13.4 Å². The van der Waals surface area contributed by atoms with Gasteiger partial charge in [0.2, 0.25) is 5.88 Å². The van der Waals surface area contributed by atoms with Gasteiger partial charge in [0.25, 0.3) is 9.05 Å². The van der Waals surface area contributed by atoms with Gasteiger partial charge in [-0.1, -0.05) is 17.7 Å². The molecule has 2 rings (SSSR count). The van der Waals surface area contributed by atoms with Crippen LogP contribution >= 0.6 is 22.3 Å². The van der Waals surface area contributed by atoms with Crippen LogP contribution in [0.5, 0.6) is 5.88 Å². The molecule has 0 spiro atoms. The number of hydrogen-bond donors (Lipinski definition) is 0. The molecule has 0 atom stereocenters. The van der Waals surface area contributed by atoms with Crippen molar-refractivity contribution < 1.29 is 13.2 Å². The summed E-state index contributed by atoms with van der Waals surface area (Å²) in [5.41, 5.74) is 0. The van der Waals surface area contributed by atoms with Gasteiger partial charge in [-0.2, -0.15) is 0 Å². The first kappa shape index (κ1) is 12.4. The number of halogens is 2. The summed E-state index contributed by atoms with van der Waals surface area (Å²) in [7, 11) is 2.92. The predicted octanol–water partition coefficient (Wildman–Crippen LogP) is 2.82. The molecule has 4 nitrogen and oxygen atoms in total. The minimum Gasteiger partial charge on any atom is -0.480 e. The van der Waals surface area contributed by atoms with Gasteiger partial charge in [0.05, 0.1) is 12.0 Å². The van der Waals surface area contributed by atoms with E-state index < -0.39 is 9.05 Å². The maximum atomic E-state index is 11.2. The van der Waals surface area contributed by atoms with Crippen LogP contribution in [-0.2, 0) is 9.05 Å². The summed E-state index contributed by atoms with van der Waals surface area (Å²) in [6.07, 6.45) is 1.55. The van der Waals surface area contributed by atoms with Crippen LogP contribution in [-0.4, -0.2) is 20.5 Å². The van der Waals surface area contributed by atoms with Crippen molar-refractivity contribution in [3.63, 3.8) is 0 Å². The van der Waals surface area contributed by atoms with Crippen molar-refractivity contribution in [2.75, 3.05) is 7.11 Å². The fourth-order valence-corrected chi connectivity index (χ4v) is 2.50. The van der Waals surface area contributed by atoms with E-state index in [1.54, 1.807) is 12.3 Å². The summed E-state index contributed by atoms with van der Waals surface area (Å²) in [6, 6.07) is 4.38. The number of fused-ring (bicyclic) bond motifs is 1. The molecule has 2 aromatic rings. The third-order valence-electron chi connectivity index (χ3n) is 2.24. The van der Waals surface area contributed by atoms with Gasteiger partial charge in [0, 0.05) is 27.7 Å². The van der Waals surface area contributed by atoms with E-state index in [0.29, 0.717) is 10.8 Å². The normalized spacial score (nSPS) is 11.7. The van der Waals surface area contributed by atoms with Crippen LogP contribution in [0.3, 0.4) is 0 Å². The molecule has 0 unspecified atom stereocenters. The van der Waals surface area contributed by atoms with Crippen LogP contribution in [0.25, 0.3) is 10.8 Å². The first-order chi connectivity index (χ1) is 7.93. The van der Waals surface area contributed by atoms with E-state index in [4.69, 9.17) is 27.0 Å². The Kier molecular flexibility index (Phi) is 3.16. The van der Waals surface area contributed by atoms with Crippen LogP contribution in [0.2, 0.25) is 5.02 Å². The van der Waals surface area contributed by atoms with Gasteiger partial charge in [0.1, 0.15) is 5.02 Å². The molecule has 0 fully saturated rings. The average Bonchev–Trinajstić information content (AvgIpc) is 2.28. The van der Waals surface area contributed by atoms with Crippen LogP contribution < -0.4 is 4.74 Å². The van der Waals surface area contributed by atoms with Crippen LogP contribution in [0, 0.1) is 0 Å². The highest BCUT2D eigenvalue weighted by molar-refractivity contribution is 8.13. The lowest BCUT2D eigenvalue weighted by atomic mass is 10.2. The summed E-state index contributed by atoms with van der Waals surface area (Å²) in [6.45, 7) is 0. The van der Waals surface area contributed by atoms with Crippen LogP contribution in [0.4, 0.5) is 0 Å². The zero-order valence-corrected chi connectivity index (χ0v) is 11.0. The van der Waals surface area contributed by atoms with E-state index in [-0.39, 0.29) is 15.8 Å². The van der Waals surface area contributed by atoms with E-state index in [1.807, 2.05) is 0 Å². The first-order valence-electron chi connectivity index (χ1n) is 4.50. The second-order valence-electron chi connectivity index (χ2n) is 3.27. The minimum absolute atomic E-state index is 0.0122. The monoisotopic (exact) mass is 291 g/mol. The Balaban J connectivity index is 2.79. The number of rotatable bonds is 2. The van der Waals surface area contributed by atoms with Gasteiger partial charge in [0.15, 0.2) is 0 Å². The number of hydrogen-bond acceptors (Lipinski definition) is 4. The molecule has 7 heteroatoms. The lowest BCUT2D eigenvalue weighted by molar-refractivity contribution is 0.399. The van der Waals surface area contributed by atoms with Gasteiger partial charge in [-0.05, 0) is 12.1 Å². The Morgan fingerprint density at radius 2 is 2.06 bits per heavy atom. The van der Waals surface area contributed by atoms with E-state index in [1.165, 1.54) is 19.2 Å². The molecule has 0 aliphatic carbocycles. The third kappa shape index (κ3) is 2.31. The van der Waals surface area contributed by atoms with Crippen LogP contribution in [0.15, 0.2) is 29.3 Å². The molecule has 0 saturated heterocycles. The third-order valence-corrected chi connectivity index (χ3v) is 3.96. The highest BCUT2D eigenvalue weighted by atomic mass is 35.7. The highest BCUT2D eigenvalue weighted by Crippen LogP contribution is 2.32. The molecule has 0 bridgehead atoms. The molecule has 1 aromatic heterocycles. The van der Waals surface area contributed by atoms with E-state index in [9.17, 15) is 8.42 Å². The molecule has 0 aliphatic heterocycles. The predicted molar refractivity (Wildman–Crippen MR) is 66.3 cm³/mol. The average molecular weight is 292 g/mol. The molecule has 0 aliphatic rings. The van der Waals surface area contributed by atoms with Gasteiger partial charge in [-0.15, -0.1) is 0 Å². The quantitative estimate of drug-likeness (QED) is 0.799. The van der Waals surface area contributed by atoms with Crippen LogP contribution in [0.1, 0.15) is 0 Å². The molecule has 0 amide bonds. The molecule has 0 saturated carbocycles. The molecular weight excluding hydrogens is 285 g/mol. The SMILES string of the molecule is COc1ncc2ccc(S(=O)(=O)Cl)cc2c1Cl. The summed E-state index contributed by atoms with van der Waals surface area (Å²) in [5.74, 6) is 0.239. The molecule has 17 heavy (non-hydrogen) atoms. The highest BCUT2D eigenvalue weighted by Gasteiger charge is 2.13. The fraction of sp³-hybridized carbons (Fsp3) is 0.100. The largest absolute Gasteiger partial charge is 0.480 e. The van der Waals surface area contributed by atoms with Gasteiger partial charge < -0.3 is 4.74 Å². The molecule has 0 N–H and O–H groups in total. The van der Waals surface area contributed by atoms with Crippen molar-refractivity contribution in [1.29, 1.82) is 0 Å². The van der Waals surface area contributed by atoms with Gasteiger partial charge >= 0.3 is 0 Å². The second-order valence-corrected chi connectivity index (χ2v) is 6.21. The molecule has 90 valence electrons. The Labute approximate surface area is 108 Å². The zero-order chi connectivity index (χ0) is 12.6. The zero-order valence-electron chi connectivity index (χ0n) is 8.65. The Morgan fingerprint density at radius 1 is 1.35 bits per heavy atom. The lowest BCUT2D eigenvalue weighted by Gasteiger charge is -2.06. The summed E-state index contributed by atoms with van der Waals surface area (Å²) in [4.78, 5) is 3.97. The first-order valence-corrected chi connectivity index (χ1v) is 7.19. The second kappa shape index (κ2) is 4.33. The maximum Gasteiger partial charge on any atom is 0.261 e. The minimum atomic E-state index is -3.78.